The third-order valence-electron chi connectivity index (χ3n) is 2.60. The summed E-state index contributed by atoms with van der Waals surface area (Å²) in [6, 6.07) is 8.35. The van der Waals surface area contributed by atoms with Gasteiger partial charge in [-0.15, -0.1) is 11.3 Å². The van der Waals surface area contributed by atoms with Gasteiger partial charge in [0, 0.05) is 10.9 Å². The van der Waals surface area contributed by atoms with Crippen LogP contribution in [0.4, 0.5) is 0 Å². The first kappa shape index (κ1) is 16.5. The van der Waals surface area contributed by atoms with Crippen LogP contribution in [0.15, 0.2) is 37.0 Å². The number of halogens is 3. The van der Waals surface area contributed by atoms with Crippen molar-refractivity contribution in [2.24, 2.45) is 5.73 Å². The van der Waals surface area contributed by atoms with E-state index in [1.54, 1.807) is 11.3 Å². The van der Waals surface area contributed by atoms with Gasteiger partial charge in [-0.2, -0.15) is 0 Å². The Kier molecular flexibility index (Phi) is 6.10. The van der Waals surface area contributed by atoms with Crippen LogP contribution in [0.5, 0.6) is 5.75 Å². The first-order valence-corrected chi connectivity index (χ1v) is 9.25. The number of ether oxygens (including phenoxy) is 1. The van der Waals surface area contributed by atoms with Crippen LogP contribution in [0.1, 0.15) is 17.4 Å². The molecule has 1 unspecified atom stereocenters. The van der Waals surface area contributed by atoms with E-state index in [0.29, 0.717) is 6.61 Å². The Balaban J connectivity index is 2.11. The van der Waals surface area contributed by atoms with E-state index in [-0.39, 0.29) is 6.04 Å². The summed E-state index contributed by atoms with van der Waals surface area (Å²) in [6.07, 6.45) is 0.843. The lowest BCUT2D eigenvalue weighted by Crippen LogP contribution is -2.17. The third kappa shape index (κ3) is 4.56. The van der Waals surface area contributed by atoms with E-state index in [4.69, 9.17) is 10.5 Å². The van der Waals surface area contributed by atoms with Crippen molar-refractivity contribution in [3.8, 4) is 5.75 Å². The molecule has 2 nitrogen and oxygen atoms in total. The van der Waals surface area contributed by atoms with Crippen molar-refractivity contribution >= 4 is 59.1 Å². The van der Waals surface area contributed by atoms with E-state index >= 15 is 0 Å². The van der Waals surface area contributed by atoms with Crippen LogP contribution in [0, 0.1) is 0 Å². The minimum atomic E-state index is 0.143. The van der Waals surface area contributed by atoms with E-state index in [2.05, 4.69) is 66.0 Å². The summed E-state index contributed by atoms with van der Waals surface area (Å²) in [5, 5.41) is 0. The molecule has 108 valence electrons. The third-order valence-corrected chi connectivity index (χ3v) is 5.38. The maximum absolute atomic E-state index is 5.89. The molecule has 1 atom stereocenters. The molecule has 0 radical (unpaired) electrons. The van der Waals surface area contributed by atoms with Gasteiger partial charge in [0.15, 0.2) is 0 Å². The molecule has 1 aromatic heterocycles. The Hall–Kier alpha value is 0.120. The van der Waals surface area contributed by atoms with Crippen molar-refractivity contribution in [2.45, 2.75) is 26.0 Å². The molecule has 0 aliphatic carbocycles. The topological polar surface area (TPSA) is 35.2 Å². The molecule has 0 spiro atoms. The SMILES string of the molecule is CC(N)Cc1cc(Br)c(OCc2ccc(Br)s2)c(Br)c1. The molecule has 20 heavy (non-hydrogen) atoms. The highest BCUT2D eigenvalue weighted by molar-refractivity contribution is 9.11. The zero-order chi connectivity index (χ0) is 14.7. The second-order valence-corrected chi connectivity index (χ2v) is 8.82. The molecule has 2 aromatic rings. The molecule has 6 heteroatoms. The van der Waals surface area contributed by atoms with Gasteiger partial charge in [0.05, 0.1) is 12.7 Å². The standard InChI is InChI=1S/C14H14Br3NOS/c1-8(18)4-9-5-11(15)14(12(16)6-9)19-7-10-2-3-13(17)20-10/h2-3,5-6,8H,4,7,18H2,1H3. The molecule has 0 saturated heterocycles. The molecule has 0 bridgehead atoms. The second kappa shape index (κ2) is 7.40. The predicted molar refractivity (Wildman–Crippen MR) is 95.5 cm³/mol. The Morgan fingerprint density at radius 2 is 1.85 bits per heavy atom. The summed E-state index contributed by atoms with van der Waals surface area (Å²) in [5.41, 5.74) is 7.02. The van der Waals surface area contributed by atoms with Gasteiger partial charge >= 0.3 is 0 Å². The van der Waals surface area contributed by atoms with Crippen molar-refractivity contribution in [3.63, 3.8) is 0 Å². The van der Waals surface area contributed by atoms with Gasteiger partial charge in [-0.3, -0.25) is 0 Å². The largest absolute Gasteiger partial charge is 0.486 e. The zero-order valence-corrected chi connectivity index (χ0v) is 16.4. The summed E-state index contributed by atoms with van der Waals surface area (Å²) < 4.78 is 8.89. The molecule has 0 aliphatic heterocycles. The maximum Gasteiger partial charge on any atom is 0.148 e. The molecular formula is C14H14Br3NOS. The number of hydrogen-bond acceptors (Lipinski definition) is 3. The molecule has 0 amide bonds. The second-order valence-electron chi connectivity index (χ2n) is 4.56. The monoisotopic (exact) mass is 481 g/mol. The molecular weight excluding hydrogens is 470 g/mol. The molecule has 0 fully saturated rings. The molecule has 1 aromatic carbocycles. The highest BCUT2D eigenvalue weighted by Crippen LogP contribution is 2.36. The summed E-state index contributed by atoms with van der Waals surface area (Å²) in [6.45, 7) is 2.56. The van der Waals surface area contributed by atoms with Gasteiger partial charge in [0.1, 0.15) is 12.4 Å². The number of benzene rings is 1. The van der Waals surface area contributed by atoms with Crippen LogP contribution < -0.4 is 10.5 Å². The quantitative estimate of drug-likeness (QED) is 0.609. The number of hydrogen-bond donors (Lipinski definition) is 1. The molecule has 1 heterocycles. The van der Waals surface area contributed by atoms with E-state index in [1.807, 2.05) is 13.0 Å². The average Bonchev–Trinajstić information content (AvgIpc) is 2.73. The van der Waals surface area contributed by atoms with Crippen LogP contribution in [0.2, 0.25) is 0 Å². The van der Waals surface area contributed by atoms with Crippen LogP contribution in [-0.2, 0) is 13.0 Å². The predicted octanol–water partition coefficient (Wildman–Crippen LogP) is 5.50. The summed E-state index contributed by atoms with van der Waals surface area (Å²) in [7, 11) is 0. The van der Waals surface area contributed by atoms with E-state index < -0.39 is 0 Å². The Morgan fingerprint density at radius 1 is 1.20 bits per heavy atom. The van der Waals surface area contributed by atoms with Crippen molar-refractivity contribution in [1.29, 1.82) is 0 Å². The lowest BCUT2D eigenvalue weighted by atomic mass is 10.1. The lowest BCUT2D eigenvalue weighted by molar-refractivity contribution is 0.305. The van der Waals surface area contributed by atoms with E-state index in [1.165, 1.54) is 10.4 Å². The van der Waals surface area contributed by atoms with Gasteiger partial charge in [-0.25, -0.2) is 0 Å². The van der Waals surface area contributed by atoms with Gasteiger partial charge in [-0.1, -0.05) is 0 Å². The first-order chi connectivity index (χ1) is 9.45. The van der Waals surface area contributed by atoms with Crippen LogP contribution >= 0.6 is 59.1 Å². The van der Waals surface area contributed by atoms with Crippen LogP contribution in [0.25, 0.3) is 0 Å². The minimum Gasteiger partial charge on any atom is -0.486 e. The minimum absolute atomic E-state index is 0.143. The first-order valence-electron chi connectivity index (χ1n) is 6.06. The van der Waals surface area contributed by atoms with Gasteiger partial charge < -0.3 is 10.5 Å². The Bertz CT molecular complexity index is 575. The van der Waals surface area contributed by atoms with Crippen LogP contribution in [0.3, 0.4) is 0 Å². The summed E-state index contributed by atoms with van der Waals surface area (Å²) >= 11 is 12.3. The number of nitrogens with two attached hydrogens (primary N) is 1. The van der Waals surface area contributed by atoms with Crippen molar-refractivity contribution in [3.05, 3.63) is 47.4 Å². The van der Waals surface area contributed by atoms with Crippen molar-refractivity contribution in [1.82, 2.24) is 0 Å². The summed E-state index contributed by atoms with van der Waals surface area (Å²) in [5.74, 6) is 0.822. The molecule has 2 rings (SSSR count). The van der Waals surface area contributed by atoms with Crippen LogP contribution in [-0.4, -0.2) is 6.04 Å². The zero-order valence-electron chi connectivity index (χ0n) is 10.8. The normalized spacial score (nSPS) is 12.4. The Labute approximate surface area is 148 Å². The molecule has 0 saturated carbocycles. The van der Waals surface area contributed by atoms with E-state index in [9.17, 15) is 0 Å². The Morgan fingerprint density at radius 3 is 2.35 bits per heavy atom. The fraction of sp³-hybridized carbons (Fsp3) is 0.286. The average molecular weight is 484 g/mol. The van der Waals surface area contributed by atoms with Crippen molar-refractivity contribution in [2.75, 3.05) is 0 Å². The van der Waals surface area contributed by atoms with E-state index in [0.717, 1.165) is 24.9 Å². The fourth-order valence-corrected chi connectivity index (χ4v) is 4.72. The van der Waals surface area contributed by atoms with Crippen molar-refractivity contribution < 1.29 is 4.74 Å². The lowest BCUT2D eigenvalue weighted by Gasteiger charge is -2.12. The van der Waals surface area contributed by atoms with Gasteiger partial charge in [0.25, 0.3) is 0 Å². The van der Waals surface area contributed by atoms with Gasteiger partial charge in [0.2, 0.25) is 0 Å². The molecule has 2 N–H and O–H groups in total. The maximum atomic E-state index is 5.89. The smallest absolute Gasteiger partial charge is 0.148 e. The highest BCUT2D eigenvalue weighted by atomic mass is 79.9. The number of rotatable bonds is 5. The molecule has 0 aliphatic rings. The fourth-order valence-electron chi connectivity index (χ4n) is 1.81. The van der Waals surface area contributed by atoms with Gasteiger partial charge in [-0.05, 0) is 91.0 Å². The highest BCUT2D eigenvalue weighted by Gasteiger charge is 2.11. The summed E-state index contributed by atoms with van der Waals surface area (Å²) in [4.78, 5) is 1.18. The number of thiophene rings is 1.